The van der Waals surface area contributed by atoms with Gasteiger partial charge < -0.3 is 10.2 Å². The molecule has 0 aliphatic carbocycles. The first-order valence-corrected chi connectivity index (χ1v) is 6.78. The fourth-order valence-corrected chi connectivity index (χ4v) is 2.22. The number of piperazine rings is 1. The van der Waals surface area contributed by atoms with Crippen molar-refractivity contribution < 1.29 is 4.79 Å². The minimum Gasteiger partial charge on any atom is -0.339 e. The third-order valence-corrected chi connectivity index (χ3v) is 3.52. The van der Waals surface area contributed by atoms with Crippen molar-refractivity contribution in [3.05, 3.63) is 29.6 Å². The first-order chi connectivity index (χ1) is 9.18. The summed E-state index contributed by atoms with van der Waals surface area (Å²) in [5.41, 5.74) is 1.49. The molecule has 1 fully saturated rings. The molecule has 19 heavy (non-hydrogen) atoms. The molecule has 1 aromatic heterocycles. The van der Waals surface area contributed by atoms with Crippen molar-refractivity contribution in [2.75, 3.05) is 46.3 Å². The van der Waals surface area contributed by atoms with Gasteiger partial charge in [0.1, 0.15) is 5.69 Å². The normalized spacial score (nSPS) is 16.3. The summed E-state index contributed by atoms with van der Waals surface area (Å²) in [7, 11) is 1.85. The zero-order chi connectivity index (χ0) is 13.7. The molecule has 1 saturated heterocycles. The third kappa shape index (κ3) is 3.75. The van der Waals surface area contributed by atoms with Gasteiger partial charge in [-0.2, -0.15) is 0 Å². The average Bonchev–Trinajstić information content (AvgIpc) is 2.45. The van der Waals surface area contributed by atoms with Crippen LogP contribution in [0.15, 0.2) is 18.3 Å². The maximum absolute atomic E-state index is 12.3. The Morgan fingerprint density at radius 2 is 2.21 bits per heavy atom. The Kier molecular flexibility index (Phi) is 4.87. The summed E-state index contributed by atoms with van der Waals surface area (Å²) in [5, 5.41) is 3.33. The number of likely N-dealkylation sites (N-methyl/N-ethyl adjacent to an activating group) is 1. The number of aryl methyl sites for hydroxylation is 1. The number of carbonyl (C=O) groups is 1. The zero-order valence-corrected chi connectivity index (χ0v) is 11.7. The maximum Gasteiger partial charge on any atom is 0.272 e. The summed E-state index contributed by atoms with van der Waals surface area (Å²) in [5.74, 6) is 0.00762. The molecule has 1 aliphatic heterocycles. The van der Waals surface area contributed by atoms with Crippen molar-refractivity contribution in [1.82, 2.24) is 20.1 Å². The largest absolute Gasteiger partial charge is 0.339 e. The minimum atomic E-state index is 0.00762. The van der Waals surface area contributed by atoms with Crippen LogP contribution in [0.4, 0.5) is 0 Å². The van der Waals surface area contributed by atoms with E-state index in [0.717, 1.165) is 44.8 Å². The summed E-state index contributed by atoms with van der Waals surface area (Å²) < 4.78 is 0. The highest BCUT2D eigenvalue weighted by molar-refractivity contribution is 5.93. The predicted octanol–water partition coefficient (Wildman–Crippen LogP) is 0.367. The Morgan fingerprint density at radius 1 is 1.47 bits per heavy atom. The molecule has 0 unspecified atom stereocenters. The van der Waals surface area contributed by atoms with Gasteiger partial charge in [0.15, 0.2) is 0 Å². The smallest absolute Gasteiger partial charge is 0.272 e. The third-order valence-electron chi connectivity index (χ3n) is 3.52. The number of nitrogens with one attached hydrogen (secondary N) is 1. The van der Waals surface area contributed by atoms with Gasteiger partial charge in [0.05, 0.1) is 0 Å². The summed E-state index contributed by atoms with van der Waals surface area (Å²) in [6, 6.07) is 3.78. The Morgan fingerprint density at radius 3 is 2.89 bits per heavy atom. The second kappa shape index (κ2) is 6.63. The Bertz CT molecular complexity index is 429. The number of pyridine rings is 1. The van der Waals surface area contributed by atoms with E-state index in [0.29, 0.717) is 5.69 Å². The Hall–Kier alpha value is -1.46. The van der Waals surface area contributed by atoms with E-state index in [-0.39, 0.29) is 5.91 Å². The van der Waals surface area contributed by atoms with E-state index in [9.17, 15) is 4.79 Å². The molecule has 0 bridgehead atoms. The van der Waals surface area contributed by atoms with Crippen LogP contribution in [-0.2, 0) is 0 Å². The molecule has 1 aromatic rings. The van der Waals surface area contributed by atoms with Gasteiger partial charge in [0, 0.05) is 52.5 Å². The zero-order valence-electron chi connectivity index (χ0n) is 11.7. The molecule has 1 N–H and O–H groups in total. The highest BCUT2D eigenvalue weighted by atomic mass is 16.2. The fraction of sp³-hybridized carbons (Fsp3) is 0.571. The van der Waals surface area contributed by atoms with Crippen LogP contribution >= 0.6 is 0 Å². The number of aromatic nitrogens is 1. The molecule has 0 spiro atoms. The van der Waals surface area contributed by atoms with Crippen LogP contribution in [0.2, 0.25) is 0 Å². The van der Waals surface area contributed by atoms with Crippen molar-refractivity contribution in [2.24, 2.45) is 0 Å². The molecule has 5 nitrogen and oxygen atoms in total. The Labute approximate surface area is 114 Å². The molecule has 5 heteroatoms. The predicted molar refractivity (Wildman–Crippen MR) is 75.2 cm³/mol. The van der Waals surface area contributed by atoms with Crippen LogP contribution < -0.4 is 5.32 Å². The second-order valence-electron chi connectivity index (χ2n) is 4.99. The molecular weight excluding hydrogens is 240 g/mol. The number of nitrogens with zero attached hydrogens (tertiary/aromatic N) is 3. The first kappa shape index (κ1) is 14.0. The molecule has 2 heterocycles. The molecular formula is C14H22N4O. The Balaban J connectivity index is 1.87. The minimum absolute atomic E-state index is 0.00762. The summed E-state index contributed by atoms with van der Waals surface area (Å²) in [6.07, 6.45) is 1.67. The van der Waals surface area contributed by atoms with E-state index in [1.165, 1.54) is 0 Å². The topological polar surface area (TPSA) is 48.5 Å². The van der Waals surface area contributed by atoms with Crippen molar-refractivity contribution in [1.29, 1.82) is 0 Å². The lowest BCUT2D eigenvalue weighted by Crippen LogP contribution is -2.46. The molecule has 0 radical (unpaired) electrons. The van der Waals surface area contributed by atoms with Gasteiger partial charge in [-0.15, -0.1) is 0 Å². The van der Waals surface area contributed by atoms with E-state index in [1.807, 2.05) is 26.1 Å². The number of hydrogen-bond acceptors (Lipinski definition) is 4. The standard InChI is InChI=1S/C14H22N4O/c1-12-4-3-5-16-13(12)14(19)17(2)10-11-18-8-6-15-7-9-18/h3-5,15H,6-11H2,1-2H3. The lowest BCUT2D eigenvalue weighted by molar-refractivity contribution is 0.0768. The number of amides is 1. The summed E-state index contributed by atoms with van der Waals surface area (Å²) >= 11 is 0. The monoisotopic (exact) mass is 262 g/mol. The van der Waals surface area contributed by atoms with Crippen LogP contribution in [0.25, 0.3) is 0 Å². The van der Waals surface area contributed by atoms with Crippen LogP contribution in [0.3, 0.4) is 0 Å². The lowest BCUT2D eigenvalue weighted by Gasteiger charge is -2.29. The molecule has 2 rings (SSSR count). The first-order valence-electron chi connectivity index (χ1n) is 6.78. The molecule has 1 amide bonds. The van der Waals surface area contributed by atoms with Crippen LogP contribution in [0.5, 0.6) is 0 Å². The van der Waals surface area contributed by atoms with Crippen LogP contribution in [-0.4, -0.2) is 67.0 Å². The van der Waals surface area contributed by atoms with Crippen LogP contribution in [0, 0.1) is 6.92 Å². The van der Waals surface area contributed by atoms with E-state index in [4.69, 9.17) is 0 Å². The fourth-order valence-electron chi connectivity index (χ4n) is 2.22. The van der Waals surface area contributed by atoms with Gasteiger partial charge in [-0.3, -0.25) is 14.7 Å². The highest BCUT2D eigenvalue weighted by Gasteiger charge is 2.16. The van der Waals surface area contributed by atoms with Crippen molar-refractivity contribution in [3.63, 3.8) is 0 Å². The number of rotatable bonds is 4. The van der Waals surface area contributed by atoms with Crippen LogP contribution in [0.1, 0.15) is 16.1 Å². The van der Waals surface area contributed by atoms with Gasteiger partial charge in [-0.1, -0.05) is 6.07 Å². The van der Waals surface area contributed by atoms with Crippen molar-refractivity contribution >= 4 is 5.91 Å². The number of carbonyl (C=O) groups excluding carboxylic acids is 1. The quantitative estimate of drug-likeness (QED) is 0.851. The second-order valence-corrected chi connectivity index (χ2v) is 4.99. The van der Waals surface area contributed by atoms with Gasteiger partial charge in [0.2, 0.25) is 0 Å². The van der Waals surface area contributed by atoms with Gasteiger partial charge in [-0.05, 0) is 18.6 Å². The molecule has 0 aromatic carbocycles. The van der Waals surface area contributed by atoms with E-state index in [2.05, 4.69) is 15.2 Å². The summed E-state index contributed by atoms with van der Waals surface area (Å²) in [4.78, 5) is 20.6. The van der Waals surface area contributed by atoms with E-state index >= 15 is 0 Å². The highest BCUT2D eigenvalue weighted by Crippen LogP contribution is 2.06. The average molecular weight is 262 g/mol. The number of hydrogen-bond donors (Lipinski definition) is 1. The maximum atomic E-state index is 12.3. The molecule has 0 atom stereocenters. The van der Waals surface area contributed by atoms with E-state index < -0.39 is 0 Å². The van der Waals surface area contributed by atoms with Crippen molar-refractivity contribution in [3.8, 4) is 0 Å². The van der Waals surface area contributed by atoms with Crippen molar-refractivity contribution in [2.45, 2.75) is 6.92 Å². The van der Waals surface area contributed by atoms with E-state index in [1.54, 1.807) is 11.1 Å². The molecule has 1 aliphatic rings. The summed E-state index contributed by atoms with van der Waals surface area (Å²) in [6.45, 7) is 7.79. The van der Waals surface area contributed by atoms with Gasteiger partial charge >= 0.3 is 0 Å². The van der Waals surface area contributed by atoms with Gasteiger partial charge in [0.25, 0.3) is 5.91 Å². The SMILES string of the molecule is Cc1cccnc1C(=O)N(C)CCN1CCNCC1. The molecule has 104 valence electrons. The van der Waals surface area contributed by atoms with Gasteiger partial charge in [-0.25, -0.2) is 0 Å². The molecule has 0 saturated carbocycles. The lowest BCUT2D eigenvalue weighted by atomic mass is 10.2.